The molecule has 0 saturated carbocycles. The molecule has 86 valence electrons. The molecule has 3 atom stereocenters. The summed E-state index contributed by atoms with van der Waals surface area (Å²) in [5.74, 6) is 0. The fourth-order valence-corrected chi connectivity index (χ4v) is 3.31. The highest BCUT2D eigenvalue weighted by Gasteiger charge is 2.36. The van der Waals surface area contributed by atoms with Crippen molar-refractivity contribution in [2.75, 3.05) is 6.54 Å². The lowest BCUT2D eigenvalue weighted by Gasteiger charge is -2.30. The predicted octanol–water partition coefficient (Wildman–Crippen LogP) is 2.10. The van der Waals surface area contributed by atoms with E-state index in [1.54, 1.807) is 11.1 Å². The Morgan fingerprint density at radius 1 is 1.25 bits per heavy atom. The molecule has 0 spiro atoms. The van der Waals surface area contributed by atoms with Crippen molar-refractivity contribution >= 4 is 0 Å². The molecular formula is C14H20N2. The number of rotatable bonds is 1. The van der Waals surface area contributed by atoms with Crippen molar-refractivity contribution in [3.63, 3.8) is 0 Å². The standard InChI is InChI=1S/C14H20N2/c1-10-13(15)8-9-16(10)14-7-6-11-4-2-3-5-12(11)14/h2-5,10,13-14H,6-9,15H2,1H3/t10-,13?,14-/m0/s1. The van der Waals surface area contributed by atoms with Gasteiger partial charge >= 0.3 is 0 Å². The third-order valence-electron chi connectivity index (χ3n) is 4.36. The van der Waals surface area contributed by atoms with Gasteiger partial charge in [0.2, 0.25) is 0 Å². The molecule has 1 unspecified atom stereocenters. The molecule has 2 heteroatoms. The van der Waals surface area contributed by atoms with E-state index >= 15 is 0 Å². The summed E-state index contributed by atoms with van der Waals surface area (Å²) in [7, 11) is 0. The second-order valence-electron chi connectivity index (χ2n) is 5.18. The third kappa shape index (κ3) is 1.48. The van der Waals surface area contributed by atoms with Gasteiger partial charge in [-0.05, 0) is 37.3 Å². The lowest BCUT2D eigenvalue weighted by Crippen LogP contribution is -2.38. The van der Waals surface area contributed by atoms with Gasteiger partial charge in [-0.1, -0.05) is 24.3 Å². The lowest BCUT2D eigenvalue weighted by atomic mass is 10.1. The molecule has 3 rings (SSSR count). The quantitative estimate of drug-likeness (QED) is 0.779. The van der Waals surface area contributed by atoms with Gasteiger partial charge in [0.1, 0.15) is 0 Å². The fourth-order valence-electron chi connectivity index (χ4n) is 3.31. The van der Waals surface area contributed by atoms with E-state index < -0.39 is 0 Å². The van der Waals surface area contributed by atoms with Crippen molar-refractivity contribution in [1.29, 1.82) is 0 Å². The summed E-state index contributed by atoms with van der Waals surface area (Å²) in [5.41, 5.74) is 9.20. The number of likely N-dealkylation sites (tertiary alicyclic amines) is 1. The molecular weight excluding hydrogens is 196 g/mol. The zero-order valence-corrected chi connectivity index (χ0v) is 9.89. The van der Waals surface area contributed by atoms with Crippen LogP contribution in [-0.2, 0) is 6.42 Å². The molecule has 0 radical (unpaired) electrons. The molecule has 1 heterocycles. The van der Waals surface area contributed by atoms with Crippen molar-refractivity contribution in [1.82, 2.24) is 4.90 Å². The van der Waals surface area contributed by atoms with Crippen LogP contribution in [0.2, 0.25) is 0 Å². The van der Waals surface area contributed by atoms with Gasteiger partial charge < -0.3 is 5.73 Å². The van der Waals surface area contributed by atoms with Gasteiger partial charge in [-0.2, -0.15) is 0 Å². The zero-order valence-electron chi connectivity index (χ0n) is 9.89. The van der Waals surface area contributed by atoms with Crippen molar-refractivity contribution in [2.45, 2.75) is 44.3 Å². The first-order valence-corrected chi connectivity index (χ1v) is 6.36. The van der Waals surface area contributed by atoms with Crippen LogP contribution < -0.4 is 5.73 Å². The highest BCUT2D eigenvalue weighted by atomic mass is 15.2. The minimum Gasteiger partial charge on any atom is -0.326 e. The summed E-state index contributed by atoms with van der Waals surface area (Å²) in [6.45, 7) is 3.44. The maximum absolute atomic E-state index is 6.11. The molecule has 2 nitrogen and oxygen atoms in total. The first-order chi connectivity index (χ1) is 7.77. The van der Waals surface area contributed by atoms with Gasteiger partial charge in [0.25, 0.3) is 0 Å². The molecule has 16 heavy (non-hydrogen) atoms. The van der Waals surface area contributed by atoms with E-state index in [9.17, 15) is 0 Å². The molecule has 0 amide bonds. The average molecular weight is 216 g/mol. The van der Waals surface area contributed by atoms with Gasteiger partial charge in [-0.15, -0.1) is 0 Å². The Hall–Kier alpha value is -0.860. The van der Waals surface area contributed by atoms with Gasteiger partial charge in [-0.3, -0.25) is 4.90 Å². The van der Waals surface area contributed by atoms with Crippen LogP contribution >= 0.6 is 0 Å². The number of fused-ring (bicyclic) bond motifs is 1. The molecule has 1 aromatic rings. The zero-order chi connectivity index (χ0) is 11.1. The summed E-state index contributed by atoms with van der Waals surface area (Å²) in [4.78, 5) is 2.61. The summed E-state index contributed by atoms with van der Waals surface area (Å²) in [6.07, 6.45) is 3.66. The van der Waals surface area contributed by atoms with E-state index in [0.29, 0.717) is 18.1 Å². The third-order valence-corrected chi connectivity index (χ3v) is 4.36. The molecule has 1 aliphatic heterocycles. The van der Waals surface area contributed by atoms with Crippen molar-refractivity contribution in [2.24, 2.45) is 5.73 Å². The highest BCUT2D eigenvalue weighted by Crippen LogP contribution is 2.38. The minimum atomic E-state index is 0.368. The lowest BCUT2D eigenvalue weighted by molar-refractivity contribution is 0.185. The second-order valence-corrected chi connectivity index (χ2v) is 5.18. The number of benzene rings is 1. The van der Waals surface area contributed by atoms with Crippen molar-refractivity contribution in [3.05, 3.63) is 35.4 Å². The maximum atomic E-state index is 6.11. The fraction of sp³-hybridized carbons (Fsp3) is 0.571. The first-order valence-electron chi connectivity index (χ1n) is 6.36. The Kier molecular flexibility index (Phi) is 2.49. The Morgan fingerprint density at radius 3 is 2.81 bits per heavy atom. The molecule has 2 N–H and O–H groups in total. The Bertz CT molecular complexity index is 388. The molecule has 1 aromatic carbocycles. The monoisotopic (exact) mass is 216 g/mol. The van der Waals surface area contributed by atoms with Crippen molar-refractivity contribution < 1.29 is 0 Å². The first kappa shape index (κ1) is 10.3. The van der Waals surface area contributed by atoms with Crippen LogP contribution in [0.3, 0.4) is 0 Å². The van der Waals surface area contributed by atoms with Crippen LogP contribution in [0.5, 0.6) is 0 Å². The SMILES string of the molecule is C[C@H]1C(N)CCN1[C@H]1CCc2ccccc21. The molecule has 0 bridgehead atoms. The van der Waals surface area contributed by atoms with Gasteiger partial charge in [0.15, 0.2) is 0 Å². The molecule has 1 fully saturated rings. The highest BCUT2D eigenvalue weighted by molar-refractivity contribution is 5.34. The van der Waals surface area contributed by atoms with Crippen LogP contribution in [0.25, 0.3) is 0 Å². The Labute approximate surface area is 97.4 Å². The van der Waals surface area contributed by atoms with E-state index in [0.717, 1.165) is 6.42 Å². The van der Waals surface area contributed by atoms with E-state index in [4.69, 9.17) is 5.73 Å². The number of hydrogen-bond acceptors (Lipinski definition) is 2. The van der Waals surface area contributed by atoms with Gasteiger partial charge in [0.05, 0.1) is 0 Å². The Morgan fingerprint density at radius 2 is 2.06 bits per heavy atom. The van der Waals surface area contributed by atoms with Crippen LogP contribution in [0.1, 0.15) is 36.9 Å². The minimum absolute atomic E-state index is 0.368. The summed E-state index contributed by atoms with van der Waals surface area (Å²) < 4.78 is 0. The molecule has 1 aliphatic carbocycles. The normalized spacial score (nSPS) is 34.2. The molecule has 0 aromatic heterocycles. The van der Waals surface area contributed by atoms with Gasteiger partial charge in [0, 0.05) is 24.7 Å². The van der Waals surface area contributed by atoms with E-state index in [2.05, 4.69) is 36.1 Å². The topological polar surface area (TPSA) is 29.3 Å². The summed E-state index contributed by atoms with van der Waals surface area (Å²) in [6, 6.07) is 10.4. The number of hydrogen-bond donors (Lipinski definition) is 1. The molecule has 1 saturated heterocycles. The Balaban J connectivity index is 1.88. The number of nitrogens with two attached hydrogens (primary N) is 1. The summed E-state index contributed by atoms with van der Waals surface area (Å²) in [5, 5.41) is 0. The van der Waals surface area contributed by atoms with Crippen LogP contribution in [0.4, 0.5) is 0 Å². The van der Waals surface area contributed by atoms with Crippen LogP contribution in [0, 0.1) is 0 Å². The largest absolute Gasteiger partial charge is 0.326 e. The maximum Gasteiger partial charge on any atom is 0.0357 e. The predicted molar refractivity (Wildman–Crippen MR) is 66.3 cm³/mol. The van der Waals surface area contributed by atoms with Gasteiger partial charge in [-0.25, -0.2) is 0 Å². The number of aryl methyl sites for hydroxylation is 1. The average Bonchev–Trinajstić information content (AvgIpc) is 2.85. The second kappa shape index (κ2) is 3.86. The molecule has 2 aliphatic rings. The van der Waals surface area contributed by atoms with E-state index in [1.807, 2.05) is 0 Å². The smallest absolute Gasteiger partial charge is 0.0357 e. The van der Waals surface area contributed by atoms with E-state index in [-0.39, 0.29) is 0 Å². The summed E-state index contributed by atoms with van der Waals surface area (Å²) >= 11 is 0. The van der Waals surface area contributed by atoms with Crippen LogP contribution in [0.15, 0.2) is 24.3 Å². The number of nitrogens with zero attached hydrogens (tertiary/aromatic N) is 1. The van der Waals surface area contributed by atoms with Crippen molar-refractivity contribution in [3.8, 4) is 0 Å². The van der Waals surface area contributed by atoms with E-state index in [1.165, 1.54) is 19.4 Å². The van der Waals surface area contributed by atoms with Crippen LogP contribution in [-0.4, -0.2) is 23.5 Å².